The van der Waals surface area contributed by atoms with Gasteiger partial charge in [0.1, 0.15) is 5.82 Å². The summed E-state index contributed by atoms with van der Waals surface area (Å²) >= 11 is 5.94. The first kappa shape index (κ1) is 16.7. The van der Waals surface area contributed by atoms with E-state index in [-0.39, 0.29) is 29.2 Å². The number of hydrogen-bond acceptors (Lipinski definition) is 2. The Morgan fingerprint density at radius 2 is 2.23 bits per heavy atom. The van der Waals surface area contributed by atoms with Crippen LogP contribution in [0, 0.1) is 11.7 Å². The molecule has 120 valence electrons. The highest BCUT2D eigenvalue weighted by Crippen LogP contribution is 2.20. The van der Waals surface area contributed by atoms with Gasteiger partial charge in [-0.3, -0.25) is 9.59 Å². The minimum absolute atomic E-state index is 0.0871. The van der Waals surface area contributed by atoms with Gasteiger partial charge in [0.25, 0.3) is 0 Å². The number of hydrogen-bond donors (Lipinski definition) is 0. The zero-order valence-corrected chi connectivity index (χ0v) is 13.6. The molecule has 1 aromatic carbocycles. The van der Waals surface area contributed by atoms with E-state index >= 15 is 0 Å². The summed E-state index contributed by atoms with van der Waals surface area (Å²) in [7, 11) is 1.72. The van der Waals surface area contributed by atoms with Gasteiger partial charge in [-0.1, -0.05) is 17.7 Å². The summed E-state index contributed by atoms with van der Waals surface area (Å²) in [6.45, 7) is 3.90. The standard InChI is InChI=1S/C16H20ClFN2O2/c1-3-20-10-11(6-16(20)22)9-19(2)15(21)7-12-4-5-13(18)8-14(12)17/h4-5,8,11H,3,6-7,9-10H2,1-2H3/t11-/m1/s1. The van der Waals surface area contributed by atoms with Gasteiger partial charge in [-0.15, -0.1) is 0 Å². The van der Waals surface area contributed by atoms with Crippen LogP contribution in [0.2, 0.25) is 5.02 Å². The second-order valence-corrected chi connectivity index (χ2v) is 6.10. The number of nitrogens with zero attached hydrogens (tertiary/aromatic N) is 2. The van der Waals surface area contributed by atoms with Crippen molar-refractivity contribution in [1.82, 2.24) is 9.80 Å². The zero-order valence-electron chi connectivity index (χ0n) is 12.8. The summed E-state index contributed by atoms with van der Waals surface area (Å²) in [6.07, 6.45) is 0.622. The largest absolute Gasteiger partial charge is 0.345 e. The van der Waals surface area contributed by atoms with Crippen molar-refractivity contribution in [1.29, 1.82) is 0 Å². The minimum atomic E-state index is -0.418. The van der Waals surface area contributed by atoms with E-state index in [1.807, 2.05) is 6.92 Å². The van der Waals surface area contributed by atoms with E-state index in [1.54, 1.807) is 16.8 Å². The van der Waals surface area contributed by atoms with E-state index in [4.69, 9.17) is 11.6 Å². The molecule has 6 heteroatoms. The molecule has 1 saturated heterocycles. The van der Waals surface area contributed by atoms with Gasteiger partial charge in [0.05, 0.1) is 6.42 Å². The maximum Gasteiger partial charge on any atom is 0.226 e. The third kappa shape index (κ3) is 3.97. The highest BCUT2D eigenvalue weighted by Gasteiger charge is 2.29. The number of rotatable bonds is 5. The Morgan fingerprint density at radius 1 is 1.50 bits per heavy atom. The second kappa shape index (κ2) is 7.09. The van der Waals surface area contributed by atoms with Crippen molar-refractivity contribution in [2.45, 2.75) is 19.8 Å². The van der Waals surface area contributed by atoms with E-state index in [2.05, 4.69) is 0 Å². The van der Waals surface area contributed by atoms with E-state index in [9.17, 15) is 14.0 Å². The first-order valence-electron chi connectivity index (χ1n) is 7.36. The van der Waals surface area contributed by atoms with Crippen molar-refractivity contribution >= 4 is 23.4 Å². The fraction of sp³-hybridized carbons (Fsp3) is 0.500. The molecule has 4 nitrogen and oxygen atoms in total. The SMILES string of the molecule is CCN1C[C@@H](CN(C)C(=O)Cc2ccc(F)cc2Cl)CC1=O. The maximum atomic E-state index is 13.0. The van der Waals surface area contributed by atoms with Gasteiger partial charge < -0.3 is 9.80 Å². The van der Waals surface area contributed by atoms with Crippen LogP contribution in [-0.2, 0) is 16.0 Å². The highest BCUT2D eigenvalue weighted by molar-refractivity contribution is 6.31. The number of amides is 2. The smallest absolute Gasteiger partial charge is 0.226 e. The van der Waals surface area contributed by atoms with Gasteiger partial charge in [-0.2, -0.15) is 0 Å². The molecule has 0 saturated carbocycles. The molecule has 0 aliphatic carbocycles. The van der Waals surface area contributed by atoms with Crippen molar-refractivity contribution in [3.8, 4) is 0 Å². The minimum Gasteiger partial charge on any atom is -0.345 e. The normalized spacial score (nSPS) is 17.9. The number of carbonyl (C=O) groups excluding carboxylic acids is 2. The molecule has 1 aliphatic rings. The average Bonchev–Trinajstić information content (AvgIpc) is 2.81. The average molecular weight is 327 g/mol. The topological polar surface area (TPSA) is 40.6 Å². The molecule has 0 radical (unpaired) electrons. The molecule has 0 spiro atoms. The number of likely N-dealkylation sites (tertiary alicyclic amines) is 1. The van der Waals surface area contributed by atoms with E-state index in [1.165, 1.54) is 18.2 Å². The molecule has 1 aromatic rings. The third-order valence-electron chi connectivity index (χ3n) is 3.99. The molecule has 2 rings (SSSR count). The van der Waals surface area contributed by atoms with Crippen molar-refractivity contribution in [2.24, 2.45) is 5.92 Å². The van der Waals surface area contributed by atoms with Gasteiger partial charge in [0, 0.05) is 44.0 Å². The van der Waals surface area contributed by atoms with Crippen LogP contribution in [0.1, 0.15) is 18.9 Å². The first-order chi connectivity index (χ1) is 10.4. The molecule has 22 heavy (non-hydrogen) atoms. The van der Waals surface area contributed by atoms with Crippen LogP contribution in [0.3, 0.4) is 0 Å². The van der Waals surface area contributed by atoms with Crippen LogP contribution in [0.15, 0.2) is 18.2 Å². The Kier molecular flexibility index (Phi) is 5.40. The Labute approximate surface area is 134 Å². The number of halogens is 2. The van der Waals surface area contributed by atoms with Crippen LogP contribution >= 0.6 is 11.6 Å². The third-order valence-corrected chi connectivity index (χ3v) is 4.34. The van der Waals surface area contributed by atoms with Gasteiger partial charge in [-0.05, 0) is 24.6 Å². The monoisotopic (exact) mass is 326 g/mol. The number of likely N-dealkylation sites (N-methyl/N-ethyl adjacent to an activating group) is 1. The lowest BCUT2D eigenvalue weighted by atomic mass is 10.1. The molecular weight excluding hydrogens is 307 g/mol. The van der Waals surface area contributed by atoms with Gasteiger partial charge in [0.2, 0.25) is 11.8 Å². The summed E-state index contributed by atoms with van der Waals surface area (Å²) in [4.78, 5) is 27.4. The molecule has 1 atom stereocenters. The molecule has 1 aliphatic heterocycles. The van der Waals surface area contributed by atoms with Crippen LogP contribution in [0.25, 0.3) is 0 Å². The summed E-state index contributed by atoms with van der Waals surface area (Å²) in [6, 6.07) is 4.03. The predicted octanol–water partition coefficient (Wildman–Crippen LogP) is 2.35. The van der Waals surface area contributed by atoms with E-state index in [0.29, 0.717) is 31.6 Å². The molecule has 1 heterocycles. The van der Waals surface area contributed by atoms with Crippen molar-refractivity contribution in [3.05, 3.63) is 34.6 Å². The molecule has 0 unspecified atom stereocenters. The number of carbonyl (C=O) groups is 2. The Balaban J connectivity index is 1.91. The fourth-order valence-corrected chi connectivity index (χ4v) is 2.97. The van der Waals surface area contributed by atoms with Gasteiger partial charge in [0.15, 0.2) is 0 Å². The first-order valence-corrected chi connectivity index (χ1v) is 7.74. The van der Waals surface area contributed by atoms with Gasteiger partial charge >= 0.3 is 0 Å². The van der Waals surface area contributed by atoms with Gasteiger partial charge in [-0.25, -0.2) is 4.39 Å². The molecule has 0 aromatic heterocycles. The lowest BCUT2D eigenvalue weighted by Crippen LogP contribution is -2.34. The molecule has 0 N–H and O–H groups in total. The summed E-state index contributed by atoms with van der Waals surface area (Å²) in [5.41, 5.74) is 0.609. The van der Waals surface area contributed by atoms with E-state index < -0.39 is 5.82 Å². The number of benzene rings is 1. The van der Waals surface area contributed by atoms with Crippen LogP contribution in [0.5, 0.6) is 0 Å². The van der Waals surface area contributed by atoms with Crippen LogP contribution < -0.4 is 0 Å². The molecule has 2 amide bonds. The summed E-state index contributed by atoms with van der Waals surface area (Å²) in [5.74, 6) is -0.186. The predicted molar refractivity (Wildman–Crippen MR) is 83.1 cm³/mol. The Hall–Kier alpha value is -1.62. The Morgan fingerprint density at radius 3 is 2.82 bits per heavy atom. The van der Waals surface area contributed by atoms with Crippen LogP contribution in [-0.4, -0.2) is 48.3 Å². The summed E-state index contributed by atoms with van der Waals surface area (Å²) in [5, 5.41) is 0.259. The molecular formula is C16H20ClFN2O2. The zero-order chi connectivity index (χ0) is 16.3. The molecule has 0 bridgehead atoms. The Bertz CT molecular complexity index is 579. The highest BCUT2D eigenvalue weighted by atomic mass is 35.5. The van der Waals surface area contributed by atoms with Crippen molar-refractivity contribution in [2.75, 3.05) is 26.7 Å². The van der Waals surface area contributed by atoms with Crippen molar-refractivity contribution < 1.29 is 14.0 Å². The lowest BCUT2D eigenvalue weighted by Gasteiger charge is -2.21. The summed E-state index contributed by atoms with van der Waals surface area (Å²) < 4.78 is 13.0. The lowest BCUT2D eigenvalue weighted by molar-refractivity contribution is -0.130. The quantitative estimate of drug-likeness (QED) is 0.833. The fourth-order valence-electron chi connectivity index (χ4n) is 2.73. The second-order valence-electron chi connectivity index (χ2n) is 5.69. The maximum absolute atomic E-state index is 13.0. The van der Waals surface area contributed by atoms with Crippen molar-refractivity contribution in [3.63, 3.8) is 0 Å². The van der Waals surface area contributed by atoms with E-state index in [0.717, 1.165) is 0 Å². The molecule has 1 fully saturated rings. The van der Waals surface area contributed by atoms with Crippen LogP contribution in [0.4, 0.5) is 4.39 Å².